The minimum Gasteiger partial charge on any atom is -0.456 e. The Kier molecular flexibility index (Phi) is 5.67. The fourth-order valence-corrected chi connectivity index (χ4v) is 4.56. The van der Waals surface area contributed by atoms with Gasteiger partial charge in [-0.3, -0.25) is 9.59 Å². The van der Waals surface area contributed by atoms with Crippen LogP contribution in [-0.2, 0) is 27.2 Å². The lowest BCUT2D eigenvalue weighted by Gasteiger charge is -2.26. The highest BCUT2D eigenvalue weighted by Gasteiger charge is 2.21. The quantitative estimate of drug-likeness (QED) is 0.643. The number of ether oxygens (including phenoxy) is 1. The summed E-state index contributed by atoms with van der Waals surface area (Å²) >= 11 is 1.58. The molecule has 0 saturated carbocycles. The zero-order chi connectivity index (χ0) is 19.3. The average Bonchev–Trinajstić information content (AvgIpc) is 3.14. The van der Waals surface area contributed by atoms with Crippen LogP contribution < -0.4 is 5.32 Å². The van der Waals surface area contributed by atoms with Crippen LogP contribution in [-0.4, -0.2) is 23.5 Å². The molecule has 1 atom stereocenters. The van der Waals surface area contributed by atoms with Gasteiger partial charge in [0.15, 0.2) is 6.61 Å². The second-order valence-electron chi connectivity index (χ2n) is 6.95. The fourth-order valence-electron chi connectivity index (χ4n) is 3.59. The molecule has 1 N–H and O–H groups in total. The van der Waals surface area contributed by atoms with E-state index < -0.39 is 0 Å². The third-order valence-corrected chi connectivity index (χ3v) is 6.05. The number of aryl methyl sites for hydroxylation is 2. The molecule has 6 heteroatoms. The van der Waals surface area contributed by atoms with E-state index in [1.165, 1.54) is 11.1 Å². The topological polar surface area (TPSA) is 68.3 Å². The van der Waals surface area contributed by atoms with Crippen molar-refractivity contribution in [1.82, 2.24) is 10.3 Å². The number of rotatable bonds is 6. The Hall–Kier alpha value is -2.73. The van der Waals surface area contributed by atoms with E-state index in [-0.39, 0.29) is 30.9 Å². The second kappa shape index (κ2) is 8.52. The van der Waals surface area contributed by atoms with Gasteiger partial charge in [0.25, 0.3) is 5.91 Å². The van der Waals surface area contributed by atoms with Gasteiger partial charge in [0.05, 0.1) is 27.7 Å². The first-order valence-electron chi connectivity index (χ1n) is 9.56. The lowest BCUT2D eigenvalue weighted by molar-refractivity contribution is -0.148. The number of benzene rings is 2. The van der Waals surface area contributed by atoms with Crippen LogP contribution in [0.25, 0.3) is 10.2 Å². The maximum atomic E-state index is 12.2. The van der Waals surface area contributed by atoms with E-state index in [1.54, 1.807) is 11.3 Å². The summed E-state index contributed by atoms with van der Waals surface area (Å²) in [6.07, 6.45) is 3.75. The first kappa shape index (κ1) is 18.6. The second-order valence-corrected chi connectivity index (χ2v) is 8.06. The van der Waals surface area contributed by atoms with Gasteiger partial charge in [-0.15, -0.1) is 11.3 Å². The number of carbonyl (C=O) groups excluding carboxylic acids is 2. The van der Waals surface area contributed by atoms with Crippen molar-refractivity contribution < 1.29 is 14.3 Å². The lowest BCUT2D eigenvalue weighted by Crippen LogP contribution is -2.34. The van der Waals surface area contributed by atoms with Gasteiger partial charge in [0.2, 0.25) is 0 Å². The Bertz CT molecular complexity index is 965. The third kappa shape index (κ3) is 4.39. The van der Waals surface area contributed by atoms with Gasteiger partial charge in [0, 0.05) is 6.42 Å². The molecule has 1 aliphatic carbocycles. The van der Waals surface area contributed by atoms with Crippen molar-refractivity contribution in [3.8, 4) is 0 Å². The van der Waals surface area contributed by atoms with Gasteiger partial charge >= 0.3 is 5.97 Å². The van der Waals surface area contributed by atoms with E-state index in [0.717, 1.165) is 34.5 Å². The summed E-state index contributed by atoms with van der Waals surface area (Å²) in [5.41, 5.74) is 3.40. The number of esters is 1. The summed E-state index contributed by atoms with van der Waals surface area (Å²) in [6.45, 7) is -0.239. The zero-order valence-electron chi connectivity index (χ0n) is 15.5. The number of amides is 1. The number of para-hydroxylation sites is 1. The van der Waals surface area contributed by atoms with Crippen molar-refractivity contribution in [3.63, 3.8) is 0 Å². The molecule has 0 spiro atoms. The molecule has 5 nitrogen and oxygen atoms in total. The molecule has 28 heavy (non-hydrogen) atoms. The Balaban J connectivity index is 1.24. The average molecular weight is 394 g/mol. The number of nitrogens with zero attached hydrogens (tertiary/aromatic N) is 1. The highest BCUT2D eigenvalue weighted by Crippen LogP contribution is 2.29. The number of hydrogen-bond acceptors (Lipinski definition) is 5. The number of nitrogens with one attached hydrogen (secondary N) is 1. The smallest absolute Gasteiger partial charge is 0.306 e. The van der Waals surface area contributed by atoms with Gasteiger partial charge < -0.3 is 10.1 Å². The van der Waals surface area contributed by atoms with E-state index in [2.05, 4.69) is 22.4 Å². The van der Waals surface area contributed by atoms with Gasteiger partial charge in [-0.25, -0.2) is 4.98 Å². The van der Waals surface area contributed by atoms with Crippen LogP contribution in [0.15, 0.2) is 48.5 Å². The molecule has 144 valence electrons. The summed E-state index contributed by atoms with van der Waals surface area (Å²) in [6, 6.07) is 16.1. The summed E-state index contributed by atoms with van der Waals surface area (Å²) in [5, 5.41) is 3.90. The van der Waals surface area contributed by atoms with Gasteiger partial charge in [-0.05, 0) is 42.5 Å². The van der Waals surface area contributed by atoms with Gasteiger partial charge in [0.1, 0.15) is 0 Å². The predicted molar refractivity (Wildman–Crippen MR) is 109 cm³/mol. The normalized spacial score (nSPS) is 15.8. The van der Waals surface area contributed by atoms with Crippen LogP contribution in [0.2, 0.25) is 0 Å². The van der Waals surface area contributed by atoms with Crippen LogP contribution in [0.1, 0.15) is 41.4 Å². The molecule has 1 amide bonds. The van der Waals surface area contributed by atoms with Crippen molar-refractivity contribution in [3.05, 3.63) is 64.7 Å². The van der Waals surface area contributed by atoms with E-state index >= 15 is 0 Å². The molecule has 1 aromatic heterocycles. The standard InChI is InChI=1S/C22H22N2O3S/c25-20(23-17-10-5-7-15-6-1-2-8-16(15)17)14-27-22(26)13-12-21-24-18-9-3-4-11-19(18)28-21/h1-4,6,8-9,11,17H,5,7,10,12-14H2,(H,23,25)/t17-/m1/s1. The molecular weight excluding hydrogens is 372 g/mol. The Morgan fingerprint density at radius 3 is 2.86 bits per heavy atom. The number of aromatic nitrogens is 1. The fraction of sp³-hybridized carbons (Fsp3) is 0.318. The predicted octanol–water partition coefficient (Wildman–Crippen LogP) is 3.97. The van der Waals surface area contributed by atoms with Crippen LogP contribution in [0.3, 0.4) is 0 Å². The Morgan fingerprint density at radius 1 is 1.14 bits per heavy atom. The maximum Gasteiger partial charge on any atom is 0.306 e. The van der Waals surface area contributed by atoms with Gasteiger partial charge in [-0.1, -0.05) is 36.4 Å². The molecule has 0 aliphatic heterocycles. The Morgan fingerprint density at radius 2 is 1.96 bits per heavy atom. The van der Waals surface area contributed by atoms with Crippen molar-refractivity contribution in [2.75, 3.05) is 6.61 Å². The van der Waals surface area contributed by atoms with E-state index in [9.17, 15) is 9.59 Å². The molecule has 2 aromatic carbocycles. The van der Waals surface area contributed by atoms with E-state index in [1.807, 2.05) is 36.4 Å². The summed E-state index contributed by atoms with van der Waals surface area (Å²) in [4.78, 5) is 28.7. The zero-order valence-corrected chi connectivity index (χ0v) is 16.3. The molecule has 0 fully saturated rings. The molecule has 4 rings (SSSR count). The molecule has 3 aromatic rings. The third-order valence-electron chi connectivity index (χ3n) is 4.95. The maximum absolute atomic E-state index is 12.2. The van der Waals surface area contributed by atoms with Crippen molar-refractivity contribution in [2.24, 2.45) is 0 Å². The van der Waals surface area contributed by atoms with Crippen molar-refractivity contribution in [2.45, 2.75) is 38.1 Å². The minimum atomic E-state index is -0.376. The van der Waals surface area contributed by atoms with Crippen LogP contribution in [0, 0.1) is 0 Å². The largest absolute Gasteiger partial charge is 0.456 e. The molecule has 1 aliphatic rings. The SMILES string of the molecule is O=C(COC(=O)CCc1nc2ccccc2s1)N[C@@H]1CCCc2ccccc21. The number of hydrogen-bond donors (Lipinski definition) is 1. The summed E-state index contributed by atoms with van der Waals surface area (Å²) in [7, 11) is 0. The summed E-state index contributed by atoms with van der Waals surface area (Å²) in [5.74, 6) is -0.631. The minimum absolute atomic E-state index is 0.00102. The lowest BCUT2D eigenvalue weighted by atomic mass is 9.88. The van der Waals surface area contributed by atoms with Crippen LogP contribution >= 0.6 is 11.3 Å². The first-order valence-corrected chi connectivity index (χ1v) is 10.4. The van der Waals surface area contributed by atoms with Crippen molar-refractivity contribution in [1.29, 1.82) is 0 Å². The van der Waals surface area contributed by atoms with Crippen molar-refractivity contribution >= 4 is 33.4 Å². The molecule has 0 radical (unpaired) electrons. The highest BCUT2D eigenvalue weighted by atomic mass is 32.1. The summed E-state index contributed by atoms with van der Waals surface area (Å²) < 4.78 is 6.26. The van der Waals surface area contributed by atoms with Crippen LogP contribution in [0.4, 0.5) is 0 Å². The number of thiazole rings is 1. The van der Waals surface area contributed by atoms with E-state index in [4.69, 9.17) is 4.74 Å². The Labute approximate surface area is 167 Å². The first-order chi connectivity index (χ1) is 13.7. The molecule has 0 bridgehead atoms. The monoisotopic (exact) mass is 394 g/mol. The van der Waals surface area contributed by atoms with Crippen LogP contribution in [0.5, 0.6) is 0 Å². The molecular formula is C22H22N2O3S. The van der Waals surface area contributed by atoms with Gasteiger partial charge in [-0.2, -0.15) is 0 Å². The van der Waals surface area contributed by atoms with E-state index in [0.29, 0.717) is 6.42 Å². The number of fused-ring (bicyclic) bond motifs is 2. The molecule has 0 unspecified atom stereocenters. The molecule has 0 saturated heterocycles. The highest BCUT2D eigenvalue weighted by molar-refractivity contribution is 7.18. The molecule has 1 heterocycles. The number of carbonyl (C=O) groups is 2.